The number of benzene rings is 1. The summed E-state index contributed by atoms with van der Waals surface area (Å²) in [6.45, 7) is 1.48. The molecule has 26 heavy (non-hydrogen) atoms. The summed E-state index contributed by atoms with van der Waals surface area (Å²) in [5.74, 6) is -1.57. The van der Waals surface area contributed by atoms with Gasteiger partial charge in [-0.2, -0.15) is 8.78 Å². The van der Waals surface area contributed by atoms with Crippen molar-refractivity contribution in [2.45, 2.75) is 44.8 Å². The fourth-order valence-corrected chi connectivity index (χ4v) is 3.03. The third kappa shape index (κ3) is 5.51. The molecular weight excluding hydrogens is 376 g/mol. The average molecular weight is 397 g/mol. The summed E-state index contributed by atoms with van der Waals surface area (Å²) in [5.41, 5.74) is 0. The maximum Gasteiger partial charge on any atom is 0.424 e. The Kier molecular flexibility index (Phi) is 7.58. The molecule has 0 aliphatic carbocycles. The number of hydrogen-bond acceptors (Lipinski definition) is 3. The molecule has 1 heterocycles. The van der Waals surface area contributed by atoms with Gasteiger partial charge in [-0.3, -0.25) is 0 Å². The fourth-order valence-electron chi connectivity index (χ4n) is 2.79. The molecule has 0 N–H and O–H groups in total. The lowest BCUT2D eigenvalue weighted by Gasteiger charge is -2.33. The molecule has 146 valence electrons. The van der Waals surface area contributed by atoms with Crippen LogP contribution in [0.2, 0.25) is 5.02 Å². The molecule has 2 unspecified atom stereocenters. The standard InChI is InChI=1S/C18H21ClF4O3/c1-2-4-12-5-6-16(25-11-12)18(22,23)26-13-9-14(19)17(15(21)10-13)24-8-3-7-20/h3,8-10,12,16H,2,4-7,11H2,1H3/b8-3+. The van der Waals surface area contributed by atoms with Crippen LogP contribution in [-0.4, -0.2) is 25.5 Å². The van der Waals surface area contributed by atoms with Crippen LogP contribution in [0.5, 0.6) is 11.5 Å². The minimum Gasteiger partial charge on any atom is -0.461 e. The molecular formula is C18H21ClF4O3. The second-order valence-corrected chi connectivity index (χ2v) is 6.49. The van der Waals surface area contributed by atoms with Gasteiger partial charge in [-0.25, -0.2) is 8.78 Å². The summed E-state index contributed by atoms with van der Waals surface area (Å²) in [4.78, 5) is 0. The van der Waals surface area contributed by atoms with Crippen LogP contribution in [0.3, 0.4) is 0 Å². The summed E-state index contributed by atoms with van der Waals surface area (Å²) < 4.78 is 69.4. The first-order valence-corrected chi connectivity index (χ1v) is 8.80. The molecule has 1 aromatic carbocycles. The number of ether oxygens (including phenoxy) is 3. The van der Waals surface area contributed by atoms with E-state index in [0.717, 1.165) is 37.3 Å². The zero-order valence-corrected chi connectivity index (χ0v) is 15.1. The first-order chi connectivity index (χ1) is 12.4. The highest BCUT2D eigenvalue weighted by molar-refractivity contribution is 6.32. The molecule has 1 aromatic rings. The van der Waals surface area contributed by atoms with Gasteiger partial charge < -0.3 is 14.2 Å². The Balaban J connectivity index is 2.04. The molecule has 1 aliphatic heterocycles. The van der Waals surface area contributed by atoms with Gasteiger partial charge in [0, 0.05) is 12.1 Å². The summed E-state index contributed by atoms with van der Waals surface area (Å²) >= 11 is 5.83. The Morgan fingerprint density at radius 2 is 2.12 bits per heavy atom. The molecule has 0 saturated carbocycles. The van der Waals surface area contributed by atoms with Crippen molar-refractivity contribution in [3.63, 3.8) is 0 Å². The van der Waals surface area contributed by atoms with E-state index in [1.165, 1.54) is 0 Å². The maximum atomic E-state index is 14.3. The molecule has 0 radical (unpaired) electrons. The topological polar surface area (TPSA) is 27.7 Å². The van der Waals surface area contributed by atoms with Crippen molar-refractivity contribution in [2.75, 3.05) is 13.3 Å². The Bertz CT molecular complexity index is 593. The molecule has 0 bridgehead atoms. The van der Waals surface area contributed by atoms with Crippen molar-refractivity contribution in [2.24, 2.45) is 5.92 Å². The Morgan fingerprint density at radius 1 is 1.35 bits per heavy atom. The molecule has 1 fully saturated rings. The lowest BCUT2D eigenvalue weighted by atomic mass is 9.94. The minimum absolute atomic E-state index is 0.156. The van der Waals surface area contributed by atoms with Crippen molar-refractivity contribution in [1.29, 1.82) is 0 Å². The molecule has 0 aromatic heterocycles. The summed E-state index contributed by atoms with van der Waals surface area (Å²) in [6, 6.07) is 1.75. The molecule has 0 spiro atoms. The first-order valence-electron chi connectivity index (χ1n) is 8.42. The number of alkyl halides is 3. The zero-order chi connectivity index (χ0) is 19.2. The van der Waals surface area contributed by atoms with Gasteiger partial charge in [-0.05, 0) is 31.3 Å². The maximum absolute atomic E-state index is 14.3. The van der Waals surface area contributed by atoms with Crippen LogP contribution < -0.4 is 9.47 Å². The van der Waals surface area contributed by atoms with Crippen molar-refractivity contribution >= 4 is 11.6 Å². The van der Waals surface area contributed by atoms with Crippen LogP contribution in [0.25, 0.3) is 0 Å². The second kappa shape index (κ2) is 9.46. The average Bonchev–Trinajstić information content (AvgIpc) is 2.58. The van der Waals surface area contributed by atoms with E-state index in [-0.39, 0.29) is 24.0 Å². The van der Waals surface area contributed by atoms with Crippen molar-refractivity contribution < 1.29 is 31.8 Å². The zero-order valence-electron chi connectivity index (χ0n) is 14.3. The van der Waals surface area contributed by atoms with E-state index in [1.807, 2.05) is 6.92 Å². The SMILES string of the molecule is CCCC1CCC(C(F)(F)Oc2cc(F)c(O/C=C/CF)c(Cl)c2)OC1. The lowest BCUT2D eigenvalue weighted by Crippen LogP contribution is -2.44. The largest absolute Gasteiger partial charge is 0.461 e. The normalized spacial score (nSPS) is 21.2. The van der Waals surface area contributed by atoms with Gasteiger partial charge in [0.05, 0.1) is 17.9 Å². The highest BCUT2D eigenvalue weighted by Crippen LogP contribution is 2.37. The molecule has 1 saturated heterocycles. The van der Waals surface area contributed by atoms with E-state index in [0.29, 0.717) is 6.42 Å². The Morgan fingerprint density at radius 3 is 2.69 bits per heavy atom. The van der Waals surface area contributed by atoms with Gasteiger partial charge in [0.1, 0.15) is 12.4 Å². The quantitative estimate of drug-likeness (QED) is 0.404. The van der Waals surface area contributed by atoms with Crippen LogP contribution in [0.15, 0.2) is 24.5 Å². The Labute approximate surface area is 154 Å². The van der Waals surface area contributed by atoms with Gasteiger partial charge >= 0.3 is 6.11 Å². The van der Waals surface area contributed by atoms with Crippen LogP contribution >= 0.6 is 11.6 Å². The number of rotatable bonds is 8. The van der Waals surface area contributed by atoms with Crippen molar-refractivity contribution in [3.05, 3.63) is 35.3 Å². The molecule has 1 aliphatic rings. The van der Waals surface area contributed by atoms with Gasteiger partial charge in [0.15, 0.2) is 17.7 Å². The smallest absolute Gasteiger partial charge is 0.424 e. The van der Waals surface area contributed by atoms with Crippen LogP contribution in [-0.2, 0) is 4.74 Å². The summed E-state index contributed by atoms with van der Waals surface area (Å²) in [7, 11) is 0. The molecule has 8 heteroatoms. The van der Waals surface area contributed by atoms with E-state index in [9.17, 15) is 17.6 Å². The van der Waals surface area contributed by atoms with Gasteiger partial charge in [0.2, 0.25) is 0 Å². The summed E-state index contributed by atoms with van der Waals surface area (Å²) in [5, 5.41) is -0.271. The van der Waals surface area contributed by atoms with Crippen LogP contribution in [0.1, 0.15) is 32.6 Å². The van der Waals surface area contributed by atoms with Gasteiger partial charge in [-0.1, -0.05) is 24.9 Å². The van der Waals surface area contributed by atoms with E-state index in [1.54, 1.807) is 0 Å². The second-order valence-electron chi connectivity index (χ2n) is 6.08. The highest BCUT2D eigenvalue weighted by atomic mass is 35.5. The van der Waals surface area contributed by atoms with E-state index < -0.39 is 36.2 Å². The third-order valence-corrected chi connectivity index (χ3v) is 4.32. The van der Waals surface area contributed by atoms with Gasteiger partial charge in [0.25, 0.3) is 0 Å². The van der Waals surface area contributed by atoms with Crippen molar-refractivity contribution in [1.82, 2.24) is 0 Å². The summed E-state index contributed by atoms with van der Waals surface area (Å²) in [6.07, 6.45) is -0.424. The monoisotopic (exact) mass is 396 g/mol. The van der Waals surface area contributed by atoms with Gasteiger partial charge in [-0.15, -0.1) is 0 Å². The van der Waals surface area contributed by atoms with E-state index in [4.69, 9.17) is 21.1 Å². The Hall–Kier alpha value is -1.47. The lowest BCUT2D eigenvalue weighted by molar-refractivity contribution is -0.265. The van der Waals surface area contributed by atoms with Crippen molar-refractivity contribution in [3.8, 4) is 11.5 Å². The highest BCUT2D eigenvalue weighted by Gasteiger charge is 2.45. The predicted octanol–water partition coefficient (Wildman–Crippen LogP) is 5.91. The van der Waals surface area contributed by atoms with E-state index in [2.05, 4.69) is 4.74 Å². The molecule has 3 nitrogen and oxygen atoms in total. The first kappa shape index (κ1) is 20.8. The number of halogens is 5. The predicted molar refractivity (Wildman–Crippen MR) is 90.1 cm³/mol. The van der Waals surface area contributed by atoms with Crippen LogP contribution in [0.4, 0.5) is 17.6 Å². The third-order valence-electron chi connectivity index (χ3n) is 4.04. The van der Waals surface area contributed by atoms with Crippen LogP contribution in [0, 0.1) is 11.7 Å². The fraction of sp³-hybridized carbons (Fsp3) is 0.556. The van der Waals surface area contributed by atoms with E-state index >= 15 is 0 Å². The number of hydrogen-bond donors (Lipinski definition) is 0. The number of allylic oxidation sites excluding steroid dienone is 1. The minimum atomic E-state index is -3.62. The molecule has 0 amide bonds. The molecule has 2 atom stereocenters. The molecule has 2 rings (SSSR count).